The van der Waals surface area contributed by atoms with Crippen molar-refractivity contribution >= 4 is 17.9 Å². The van der Waals surface area contributed by atoms with E-state index >= 15 is 0 Å². The van der Waals surface area contributed by atoms with Crippen LogP contribution in [0.3, 0.4) is 0 Å². The molecule has 184 valence electrons. The highest BCUT2D eigenvalue weighted by atomic mass is 16.6. The maximum absolute atomic E-state index is 11.7. The third-order valence-electron chi connectivity index (χ3n) is 3.01. The molecule has 0 heterocycles. The van der Waals surface area contributed by atoms with Gasteiger partial charge in [-0.15, -0.1) is 0 Å². The van der Waals surface area contributed by atoms with Gasteiger partial charge in [0.2, 0.25) is 0 Å². The standard InChI is InChI=1S/C13H25NO5.C5H12.C3H7NO2.2H2/c1-12(2,3)18-10(15)8-7-9(14-17)11(16)19-13(4,5)6;1-3-5-4-2;1-6-3(5)2-4;;/h9,14,17H,7-8H2,1-6H3;3-5H2,1-2H3;2,4H2,1H3;2*1H/t9-;;;;/m0..../s1. The third kappa shape index (κ3) is 26.3. The summed E-state index contributed by atoms with van der Waals surface area (Å²) in [6.07, 6.45) is 4.21. The van der Waals surface area contributed by atoms with Crippen LogP contribution in [0.5, 0.6) is 0 Å². The molecule has 0 aromatic carbocycles. The Bertz CT molecular complexity index is 472. The number of nitrogens with two attached hydrogens (primary N) is 1. The fourth-order valence-electron chi connectivity index (χ4n) is 1.70. The van der Waals surface area contributed by atoms with Crippen molar-refractivity contribution in [2.45, 2.75) is 105 Å². The van der Waals surface area contributed by atoms with Crippen molar-refractivity contribution in [2.24, 2.45) is 5.73 Å². The number of carbonyl (C=O) groups is 3. The zero-order valence-corrected chi connectivity index (χ0v) is 20.3. The lowest BCUT2D eigenvalue weighted by molar-refractivity contribution is -0.161. The van der Waals surface area contributed by atoms with Gasteiger partial charge in [-0.1, -0.05) is 33.1 Å². The summed E-state index contributed by atoms with van der Waals surface area (Å²) in [5.41, 5.74) is 5.46. The van der Waals surface area contributed by atoms with Crippen LogP contribution in [-0.4, -0.2) is 54.0 Å². The van der Waals surface area contributed by atoms with Crippen LogP contribution in [0.25, 0.3) is 0 Å². The zero-order chi connectivity index (χ0) is 24.4. The number of rotatable bonds is 8. The second-order valence-corrected chi connectivity index (χ2v) is 8.47. The van der Waals surface area contributed by atoms with E-state index in [0.29, 0.717) is 0 Å². The number of hydroxylamine groups is 1. The summed E-state index contributed by atoms with van der Waals surface area (Å²) < 4.78 is 14.4. The van der Waals surface area contributed by atoms with Gasteiger partial charge in [0.1, 0.15) is 17.2 Å². The monoisotopic (exact) mass is 440 g/mol. The van der Waals surface area contributed by atoms with E-state index in [-0.39, 0.29) is 28.2 Å². The molecule has 0 amide bonds. The van der Waals surface area contributed by atoms with Gasteiger partial charge in [0, 0.05) is 9.27 Å². The second kappa shape index (κ2) is 18.1. The first-order valence-corrected chi connectivity index (χ1v) is 10.3. The maximum atomic E-state index is 11.7. The van der Waals surface area contributed by atoms with Gasteiger partial charge in [0.05, 0.1) is 13.7 Å². The van der Waals surface area contributed by atoms with Gasteiger partial charge in [-0.25, -0.2) is 0 Å². The fourth-order valence-corrected chi connectivity index (χ4v) is 1.70. The summed E-state index contributed by atoms with van der Waals surface area (Å²) in [6.45, 7) is 14.9. The van der Waals surface area contributed by atoms with Crippen LogP contribution in [0.15, 0.2) is 0 Å². The van der Waals surface area contributed by atoms with Crippen molar-refractivity contribution in [3.8, 4) is 0 Å². The van der Waals surface area contributed by atoms with Crippen LogP contribution >= 0.6 is 0 Å². The smallest absolute Gasteiger partial charge is 0.326 e. The fraction of sp³-hybridized carbons (Fsp3) is 0.857. The zero-order valence-electron chi connectivity index (χ0n) is 20.3. The molecule has 0 rings (SSSR count). The normalized spacial score (nSPS) is 11.7. The van der Waals surface area contributed by atoms with E-state index in [1.54, 1.807) is 41.5 Å². The van der Waals surface area contributed by atoms with E-state index in [1.807, 2.05) is 5.48 Å². The predicted molar refractivity (Wildman–Crippen MR) is 120 cm³/mol. The molecule has 0 aliphatic carbocycles. The molecule has 0 spiro atoms. The van der Waals surface area contributed by atoms with Crippen molar-refractivity contribution < 1.29 is 36.7 Å². The molecule has 30 heavy (non-hydrogen) atoms. The molecular weight excluding hydrogens is 392 g/mol. The van der Waals surface area contributed by atoms with E-state index in [2.05, 4.69) is 18.6 Å². The Morgan fingerprint density at radius 2 is 1.43 bits per heavy atom. The van der Waals surface area contributed by atoms with Gasteiger partial charge < -0.3 is 25.2 Å². The average Bonchev–Trinajstić information content (AvgIpc) is 2.60. The Kier molecular flexibility index (Phi) is 19.9. The summed E-state index contributed by atoms with van der Waals surface area (Å²) >= 11 is 0. The van der Waals surface area contributed by atoms with Crippen LogP contribution in [0, 0.1) is 0 Å². The highest BCUT2D eigenvalue weighted by Crippen LogP contribution is 2.13. The molecule has 0 aliphatic rings. The minimum absolute atomic E-state index is 0. The molecule has 0 aliphatic heterocycles. The Labute approximate surface area is 184 Å². The Morgan fingerprint density at radius 1 is 0.967 bits per heavy atom. The largest absolute Gasteiger partial charge is 0.468 e. The topological polar surface area (TPSA) is 137 Å². The van der Waals surface area contributed by atoms with E-state index in [1.165, 1.54) is 26.4 Å². The minimum Gasteiger partial charge on any atom is -0.468 e. The molecule has 0 radical (unpaired) electrons. The van der Waals surface area contributed by atoms with E-state index < -0.39 is 29.2 Å². The summed E-state index contributed by atoms with van der Waals surface area (Å²) in [4.78, 5) is 33.0. The van der Waals surface area contributed by atoms with Gasteiger partial charge in [0.15, 0.2) is 0 Å². The molecule has 9 nitrogen and oxygen atoms in total. The second-order valence-electron chi connectivity index (χ2n) is 8.47. The number of carbonyl (C=O) groups excluding carboxylic acids is 3. The Hall–Kier alpha value is -1.71. The Balaban J connectivity index is -0.000000155. The summed E-state index contributed by atoms with van der Waals surface area (Å²) in [7, 11) is 1.30. The lowest BCUT2D eigenvalue weighted by atomic mass is 10.1. The van der Waals surface area contributed by atoms with Crippen molar-refractivity contribution in [2.75, 3.05) is 13.7 Å². The van der Waals surface area contributed by atoms with Crippen molar-refractivity contribution in [1.82, 2.24) is 5.48 Å². The highest BCUT2D eigenvalue weighted by Gasteiger charge is 2.26. The molecule has 0 aromatic rings. The quantitative estimate of drug-likeness (QED) is 0.293. The number of hydrogen-bond acceptors (Lipinski definition) is 9. The summed E-state index contributed by atoms with van der Waals surface area (Å²) in [6, 6.07) is -0.938. The first-order valence-electron chi connectivity index (χ1n) is 10.3. The van der Waals surface area contributed by atoms with Crippen LogP contribution in [0.1, 0.15) is 90.3 Å². The predicted octanol–water partition coefficient (Wildman–Crippen LogP) is 3.60. The van der Waals surface area contributed by atoms with E-state index in [9.17, 15) is 14.4 Å². The van der Waals surface area contributed by atoms with Gasteiger partial charge in [-0.05, 0) is 48.0 Å². The molecule has 4 N–H and O–H groups in total. The molecule has 9 heteroatoms. The van der Waals surface area contributed by atoms with Gasteiger partial charge in [-0.3, -0.25) is 14.4 Å². The summed E-state index contributed by atoms with van der Waals surface area (Å²) in [5, 5.41) is 8.94. The molecule has 0 saturated heterocycles. The van der Waals surface area contributed by atoms with Gasteiger partial charge in [-0.2, -0.15) is 5.48 Å². The lowest BCUT2D eigenvalue weighted by Crippen LogP contribution is -2.40. The number of esters is 3. The van der Waals surface area contributed by atoms with Crippen molar-refractivity contribution in [3.63, 3.8) is 0 Å². The molecule has 1 atom stereocenters. The van der Waals surface area contributed by atoms with Crippen LogP contribution in [0.2, 0.25) is 0 Å². The van der Waals surface area contributed by atoms with Crippen LogP contribution < -0.4 is 11.2 Å². The minimum atomic E-state index is -0.938. The molecule has 0 saturated carbocycles. The molecular formula is C21H48N2O7. The van der Waals surface area contributed by atoms with Crippen LogP contribution in [-0.2, 0) is 28.6 Å². The molecule has 0 bridgehead atoms. The van der Waals surface area contributed by atoms with E-state index in [4.69, 9.17) is 20.4 Å². The van der Waals surface area contributed by atoms with Crippen LogP contribution in [0.4, 0.5) is 0 Å². The first-order chi connectivity index (χ1) is 13.7. The lowest BCUT2D eigenvalue weighted by Gasteiger charge is -2.23. The number of nitrogens with one attached hydrogen (secondary N) is 1. The third-order valence-corrected chi connectivity index (χ3v) is 3.01. The SMILES string of the molecule is CC(C)(C)OC(=O)CC[C@H](NO)C(=O)OC(C)(C)C.CCCCC.COC(=O)CN.[HH].[HH]. The number of methoxy groups -OCH3 is 1. The Morgan fingerprint density at radius 3 is 1.67 bits per heavy atom. The number of ether oxygens (including phenoxy) is 3. The maximum Gasteiger partial charge on any atom is 0.326 e. The van der Waals surface area contributed by atoms with Crippen molar-refractivity contribution in [1.29, 1.82) is 0 Å². The molecule has 0 aromatic heterocycles. The van der Waals surface area contributed by atoms with Gasteiger partial charge in [0.25, 0.3) is 0 Å². The number of hydrogen-bond donors (Lipinski definition) is 3. The highest BCUT2D eigenvalue weighted by molar-refractivity contribution is 5.77. The number of unbranched alkanes of at least 4 members (excludes halogenated alkanes) is 2. The first kappa shape index (κ1) is 32.9. The average molecular weight is 441 g/mol. The molecule has 0 fully saturated rings. The molecule has 0 unspecified atom stereocenters. The van der Waals surface area contributed by atoms with Crippen molar-refractivity contribution in [3.05, 3.63) is 0 Å². The van der Waals surface area contributed by atoms with Gasteiger partial charge >= 0.3 is 17.9 Å². The summed E-state index contributed by atoms with van der Waals surface area (Å²) in [5.74, 6) is -1.40. The van der Waals surface area contributed by atoms with E-state index in [0.717, 1.165) is 0 Å².